The summed E-state index contributed by atoms with van der Waals surface area (Å²) >= 11 is 0. The van der Waals surface area contributed by atoms with Gasteiger partial charge in [-0.3, -0.25) is 10.00 Å². The third-order valence-electron chi connectivity index (χ3n) is 3.25. The van der Waals surface area contributed by atoms with Gasteiger partial charge in [-0.05, 0) is 18.7 Å². The van der Waals surface area contributed by atoms with Gasteiger partial charge < -0.3 is 4.74 Å². The van der Waals surface area contributed by atoms with Crippen molar-refractivity contribution in [1.29, 1.82) is 0 Å². The summed E-state index contributed by atoms with van der Waals surface area (Å²) in [4.78, 5) is 2.33. The number of rotatable bonds is 1. The predicted molar refractivity (Wildman–Crippen MR) is 62.3 cm³/mol. The summed E-state index contributed by atoms with van der Waals surface area (Å²) in [5.41, 5.74) is 2.38. The smallest absolute Gasteiger partial charge is 0.0664 e. The molecule has 1 atom stereocenters. The Hall–Kier alpha value is -1.39. The predicted octanol–water partition coefficient (Wildman–Crippen LogP) is 1.57. The van der Waals surface area contributed by atoms with E-state index in [1.54, 1.807) is 0 Å². The molecule has 1 aliphatic heterocycles. The summed E-state index contributed by atoms with van der Waals surface area (Å²) in [6.07, 6.45) is 1.85. The lowest BCUT2D eigenvalue weighted by Crippen LogP contribution is -2.36. The van der Waals surface area contributed by atoms with Crippen molar-refractivity contribution >= 4 is 10.9 Å². The molecule has 1 unspecified atom stereocenters. The van der Waals surface area contributed by atoms with Crippen molar-refractivity contribution in [2.45, 2.75) is 6.04 Å². The Morgan fingerprint density at radius 1 is 1.50 bits per heavy atom. The molecule has 0 saturated carbocycles. The van der Waals surface area contributed by atoms with Gasteiger partial charge >= 0.3 is 0 Å². The van der Waals surface area contributed by atoms with Crippen LogP contribution in [0, 0.1) is 0 Å². The minimum atomic E-state index is 0.362. The van der Waals surface area contributed by atoms with Crippen LogP contribution in [0.4, 0.5) is 0 Å². The van der Waals surface area contributed by atoms with E-state index in [0.717, 1.165) is 30.7 Å². The lowest BCUT2D eigenvalue weighted by Gasteiger charge is -2.32. The molecular formula is C12H15N3O. The first-order valence-corrected chi connectivity index (χ1v) is 5.55. The van der Waals surface area contributed by atoms with Crippen LogP contribution in [-0.2, 0) is 4.74 Å². The quantitative estimate of drug-likeness (QED) is 0.788. The van der Waals surface area contributed by atoms with E-state index in [1.165, 1.54) is 5.56 Å². The summed E-state index contributed by atoms with van der Waals surface area (Å²) in [6.45, 7) is 2.60. The molecule has 1 saturated heterocycles. The Morgan fingerprint density at radius 2 is 2.44 bits per heavy atom. The number of aromatic nitrogens is 2. The van der Waals surface area contributed by atoms with E-state index in [4.69, 9.17) is 4.74 Å². The van der Waals surface area contributed by atoms with E-state index in [1.807, 2.05) is 6.20 Å². The van der Waals surface area contributed by atoms with Gasteiger partial charge in [-0.25, -0.2) is 0 Å². The number of hydrogen-bond acceptors (Lipinski definition) is 3. The molecule has 84 valence electrons. The van der Waals surface area contributed by atoms with E-state index in [0.29, 0.717) is 6.04 Å². The lowest BCUT2D eigenvalue weighted by atomic mass is 10.0. The molecule has 0 amide bonds. The average molecular weight is 217 g/mol. The summed E-state index contributed by atoms with van der Waals surface area (Å²) in [5.74, 6) is 0. The highest BCUT2D eigenvalue weighted by molar-refractivity contribution is 5.78. The van der Waals surface area contributed by atoms with Crippen LogP contribution in [0.15, 0.2) is 24.4 Å². The number of benzene rings is 1. The lowest BCUT2D eigenvalue weighted by molar-refractivity contribution is 0.00510. The summed E-state index contributed by atoms with van der Waals surface area (Å²) in [7, 11) is 2.14. The van der Waals surface area contributed by atoms with Crippen molar-refractivity contribution in [2.24, 2.45) is 0 Å². The Morgan fingerprint density at radius 3 is 3.31 bits per heavy atom. The van der Waals surface area contributed by atoms with Crippen molar-refractivity contribution in [2.75, 3.05) is 26.8 Å². The largest absolute Gasteiger partial charge is 0.378 e. The average Bonchev–Trinajstić information content (AvgIpc) is 2.76. The number of H-pyrrole nitrogens is 1. The second-order valence-electron chi connectivity index (χ2n) is 4.29. The van der Waals surface area contributed by atoms with Gasteiger partial charge in [0.05, 0.1) is 31.0 Å². The maximum atomic E-state index is 5.53. The third kappa shape index (κ3) is 1.60. The third-order valence-corrected chi connectivity index (χ3v) is 3.25. The molecule has 4 heteroatoms. The number of fused-ring (bicyclic) bond motifs is 1. The molecule has 2 aromatic rings. The van der Waals surface area contributed by atoms with Crippen molar-refractivity contribution in [1.82, 2.24) is 15.1 Å². The molecule has 1 fully saturated rings. The van der Waals surface area contributed by atoms with Gasteiger partial charge in [0.2, 0.25) is 0 Å². The molecule has 1 aliphatic rings. The number of aromatic amines is 1. The van der Waals surface area contributed by atoms with Gasteiger partial charge in [0.25, 0.3) is 0 Å². The fourth-order valence-corrected chi connectivity index (χ4v) is 2.20. The van der Waals surface area contributed by atoms with Crippen molar-refractivity contribution < 1.29 is 4.74 Å². The normalized spacial score (nSPS) is 22.7. The van der Waals surface area contributed by atoms with Crippen LogP contribution in [0.3, 0.4) is 0 Å². The fourth-order valence-electron chi connectivity index (χ4n) is 2.20. The molecule has 3 rings (SSSR count). The SMILES string of the molecule is CN1CCOCC1c1ccc2cn[nH]c2c1. The molecule has 0 spiro atoms. The van der Waals surface area contributed by atoms with Gasteiger partial charge in [-0.2, -0.15) is 5.10 Å². The molecule has 1 aromatic heterocycles. The zero-order valence-electron chi connectivity index (χ0n) is 9.31. The van der Waals surface area contributed by atoms with E-state index < -0.39 is 0 Å². The monoisotopic (exact) mass is 217 g/mol. The molecule has 1 aromatic carbocycles. The van der Waals surface area contributed by atoms with Crippen molar-refractivity contribution in [3.05, 3.63) is 30.0 Å². The van der Waals surface area contributed by atoms with E-state index in [2.05, 4.69) is 40.3 Å². The second-order valence-corrected chi connectivity index (χ2v) is 4.29. The maximum Gasteiger partial charge on any atom is 0.0664 e. The van der Waals surface area contributed by atoms with Crippen LogP contribution in [-0.4, -0.2) is 41.9 Å². The van der Waals surface area contributed by atoms with Gasteiger partial charge in [0, 0.05) is 11.9 Å². The Bertz CT molecular complexity index is 494. The number of nitrogens with one attached hydrogen (secondary N) is 1. The van der Waals surface area contributed by atoms with E-state index in [-0.39, 0.29) is 0 Å². The van der Waals surface area contributed by atoms with Crippen LogP contribution in [0.2, 0.25) is 0 Å². The van der Waals surface area contributed by atoms with Gasteiger partial charge in [0.1, 0.15) is 0 Å². The first kappa shape index (κ1) is 9.81. The van der Waals surface area contributed by atoms with Gasteiger partial charge in [-0.1, -0.05) is 12.1 Å². The van der Waals surface area contributed by atoms with Gasteiger partial charge in [-0.15, -0.1) is 0 Å². The van der Waals surface area contributed by atoms with E-state index >= 15 is 0 Å². The topological polar surface area (TPSA) is 41.1 Å². The molecule has 0 aliphatic carbocycles. The van der Waals surface area contributed by atoms with Gasteiger partial charge in [0.15, 0.2) is 0 Å². The molecule has 16 heavy (non-hydrogen) atoms. The number of nitrogens with zero attached hydrogens (tertiary/aromatic N) is 2. The fraction of sp³-hybridized carbons (Fsp3) is 0.417. The number of ether oxygens (including phenoxy) is 1. The molecule has 2 heterocycles. The van der Waals surface area contributed by atoms with Crippen LogP contribution in [0.5, 0.6) is 0 Å². The van der Waals surface area contributed by atoms with Crippen LogP contribution < -0.4 is 0 Å². The number of morpholine rings is 1. The molecule has 4 nitrogen and oxygen atoms in total. The van der Waals surface area contributed by atoms with Crippen LogP contribution in [0.1, 0.15) is 11.6 Å². The highest BCUT2D eigenvalue weighted by Gasteiger charge is 2.21. The molecular weight excluding hydrogens is 202 g/mol. The van der Waals surface area contributed by atoms with Crippen molar-refractivity contribution in [3.63, 3.8) is 0 Å². The zero-order valence-corrected chi connectivity index (χ0v) is 9.31. The Labute approximate surface area is 94.2 Å². The molecule has 0 radical (unpaired) electrons. The molecule has 1 N–H and O–H groups in total. The Kier molecular flexibility index (Phi) is 2.38. The standard InChI is InChI=1S/C12H15N3O/c1-15-4-5-16-8-12(15)9-2-3-10-7-13-14-11(10)6-9/h2-3,6-7,12H,4-5,8H2,1H3,(H,13,14). The van der Waals surface area contributed by atoms with Crippen molar-refractivity contribution in [3.8, 4) is 0 Å². The first-order valence-electron chi connectivity index (χ1n) is 5.55. The van der Waals surface area contributed by atoms with Crippen LogP contribution in [0.25, 0.3) is 10.9 Å². The van der Waals surface area contributed by atoms with Crippen LogP contribution >= 0.6 is 0 Å². The van der Waals surface area contributed by atoms with E-state index in [9.17, 15) is 0 Å². The highest BCUT2D eigenvalue weighted by Crippen LogP contribution is 2.25. The highest BCUT2D eigenvalue weighted by atomic mass is 16.5. The summed E-state index contributed by atoms with van der Waals surface area (Å²) < 4.78 is 5.53. The summed E-state index contributed by atoms with van der Waals surface area (Å²) in [6, 6.07) is 6.80. The first-order chi connectivity index (χ1) is 7.84. The minimum Gasteiger partial charge on any atom is -0.378 e. The zero-order chi connectivity index (χ0) is 11.0. The second kappa shape index (κ2) is 3.88. The minimum absolute atomic E-state index is 0.362. The molecule has 0 bridgehead atoms. The maximum absolute atomic E-state index is 5.53. The Balaban J connectivity index is 1.97. The summed E-state index contributed by atoms with van der Waals surface area (Å²) in [5, 5.41) is 8.20. The number of hydrogen-bond donors (Lipinski definition) is 1. The number of likely N-dealkylation sites (N-methyl/N-ethyl adjacent to an activating group) is 1.